The van der Waals surface area contributed by atoms with Crippen LogP contribution in [0.2, 0.25) is 0 Å². The molecule has 2 unspecified atom stereocenters. The quantitative estimate of drug-likeness (QED) is 0.340. The van der Waals surface area contributed by atoms with Crippen LogP contribution in [0.3, 0.4) is 0 Å². The first-order valence-corrected chi connectivity index (χ1v) is 9.63. The van der Waals surface area contributed by atoms with E-state index in [9.17, 15) is 29.7 Å². The number of hydrogen-bond donors (Lipinski definition) is 3. The van der Waals surface area contributed by atoms with Gasteiger partial charge in [-0.1, -0.05) is 23.2 Å². The number of nitrogens with zero attached hydrogens (tertiary/aromatic N) is 4. The minimum absolute atomic E-state index is 0.124. The molecular weight excluding hydrogens is 431 g/mol. The molecule has 29 heavy (non-hydrogen) atoms. The number of aliphatic hydroxyl groups is 3. The van der Waals surface area contributed by atoms with Crippen molar-refractivity contribution in [3.8, 4) is 0 Å². The maximum absolute atomic E-state index is 12.4. The Hall–Kier alpha value is -1.47. The molecule has 0 radical (unpaired) electrons. The van der Waals surface area contributed by atoms with Gasteiger partial charge in [0.15, 0.2) is 5.62 Å². The molecule has 3 N–H and O–H groups in total. The van der Waals surface area contributed by atoms with Gasteiger partial charge in [-0.25, -0.2) is 4.90 Å². The standard InChI is InChI=1S/C16H22Cl2N4O7/c1-6(24)19-5-20(15-12(28)11(27)9(4-23)29-15)14-10(19)13(17)21(7(2)25)16(18)22(14)8(3)26/h9,11-12,14-16,23,27-28H,4-5H2,1-3H3/t9-,11-,12-,14?,15-,16?/m1/s1. The molecule has 0 saturated carbocycles. The predicted molar refractivity (Wildman–Crippen MR) is 98.3 cm³/mol. The molecule has 3 amide bonds. The fourth-order valence-corrected chi connectivity index (χ4v) is 4.77. The second-order valence-corrected chi connectivity index (χ2v) is 7.76. The van der Waals surface area contributed by atoms with Crippen molar-refractivity contribution in [1.29, 1.82) is 0 Å². The lowest BCUT2D eigenvalue weighted by molar-refractivity contribution is -0.157. The van der Waals surface area contributed by atoms with E-state index in [1.807, 2.05) is 0 Å². The fraction of sp³-hybridized carbons (Fsp3) is 0.688. The number of ether oxygens (including phenoxy) is 1. The first-order chi connectivity index (χ1) is 13.5. The highest BCUT2D eigenvalue weighted by atomic mass is 35.5. The lowest BCUT2D eigenvalue weighted by atomic mass is 10.1. The Bertz CT molecular complexity index is 766. The SMILES string of the molecule is CC(=O)N1CN([C@@H]2O[C@H](CO)[C@@H](O)[C@H]2O)C2C1=C(Cl)N(C(C)=O)C(Cl)N2C(C)=O. The number of rotatable bonds is 2. The van der Waals surface area contributed by atoms with Crippen LogP contribution in [0.25, 0.3) is 0 Å². The molecule has 0 aromatic carbocycles. The molecule has 0 aliphatic carbocycles. The summed E-state index contributed by atoms with van der Waals surface area (Å²) in [5, 5.41) is 29.8. The van der Waals surface area contributed by atoms with Gasteiger partial charge in [0.2, 0.25) is 17.7 Å². The average Bonchev–Trinajstić information content (AvgIpc) is 3.13. The largest absolute Gasteiger partial charge is 0.394 e. The molecule has 3 rings (SSSR count). The first kappa shape index (κ1) is 22.2. The zero-order valence-corrected chi connectivity index (χ0v) is 17.4. The van der Waals surface area contributed by atoms with Crippen molar-refractivity contribution in [2.24, 2.45) is 0 Å². The second-order valence-electron chi connectivity index (χ2n) is 7.01. The van der Waals surface area contributed by atoms with Crippen LogP contribution in [0.1, 0.15) is 20.8 Å². The van der Waals surface area contributed by atoms with Gasteiger partial charge >= 0.3 is 0 Å². The summed E-state index contributed by atoms with van der Waals surface area (Å²) in [7, 11) is 0. The lowest BCUT2D eigenvalue weighted by Crippen LogP contribution is -2.62. The van der Waals surface area contributed by atoms with Crippen LogP contribution in [-0.2, 0) is 19.1 Å². The average molecular weight is 453 g/mol. The van der Waals surface area contributed by atoms with Crippen molar-refractivity contribution < 1.29 is 34.4 Å². The highest BCUT2D eigenvalue weighted by Crippen LogP contribution is 2.43. The predicted octanol–water partition coefficient (Wildman–Crippen LogP) is -1.49. The first-order valence-electron chi connectivity index (χ1n) is 8.81. The van der Waals surface area contributed by atoms with Crippen LogP contribution >= 0.6 is 23.2 Å². The van der Waals surface area contributed by atoms with Gasteiger partial charge in [0, 0.05) is 20.8 Å². The van der Waals surface area contributed by atoms with E-state index >= 15 is 0 Å². The third-order valence-corrected chi connectivity index (χ3v) is 5.99. The van der Waals surface area contributed by atoms with Crippen LogP contribution in [0, 0.1) is 0 Å². The van der Waals surface area contributed by atoms with Gasteiger partial charge in [0.05, 0.1) is 19.0 Å². The summed E-state index contributed by atoms with van der Waals surface area (Å²) in [6.07, 6.45) is -6.10. The van der Waals surface area contributed by atoms with Crippen molar-refractivity contribution >= 4 is 40.9 Å². The van der Waals surface area contributed by atoms with Crippen molar-refractivity contribution in [3.05, 3.63) is 10.9 Å². The van der Waals surface area contributed by atoms with Gasteiger partial charge < -0.3 is 20.1 Å². The van der Waals surface area contributed by atoms with Gasteiger partial charge in [0.1, 0.15) is 35.9 Å². The van der Waals surface area contributed by atoms with Crippen molar-refractivity contribution in [3.63, 3.8) is 0 Å². The van der Waals surface area contributed by atoms with Crippen LogP contribution in [0.4, 0.5) is 0 Å². The minimum Gasteiger partial charge on any atom is -0.394 e. The lowest BCUT2D eigenvalue weighted by Gasteiger charge is -2.46. The van der Waals surface area contributed by atoms with Crippen LogP contribution in [0.15, 0.2) is 10.9 Å². The summed E-state index contributed by atoms with van der Waals surface area (Å²) in [5.74, 6) is -1.50. The Morgan fingerprint density at radius 3 is 2.17 bits per heavy atom. The smallest absolute Gasteiger partial charge is 0.227 e. The zero-order valence-electron chi connectivity index (χ0n) is 15.9. The van der Waals surface area contributed by atoms with Crippen LogP contribution in [-0.4, -0.2) is 102 Å². The Balaban J connectivity index is 2.13. The summed E-state index contributed by atoms with van der Waals surface area (Å²) in [5.41, 5.74) is -1.17. The molecule has 6 atom stereocenters. The summed E-state index contributed by atoms with van der Waals surface area (Å²) < 4.78 is 5.58. The van der Waals surface area contributed by atoms with E-state index in [1.54, 1.807) is 0 Å². The van der Waals surface area contributed by atoms with Crippen molar-refractivity contribution in [2.45, 2.75) is 57.1 Å². The third-order valence-electron chi connectivity index (χ3n) is 5.21. The summed E-state index contributed by atoms with van der Waals surface area (Å²) in [6, 6.07) is 0. The Labute approximate surface area is 176 Å². The van der Waals surface area contributed by atoms with Gasteiger partial charge in [-0.05, 0) is 0 Å². The monoisotopic (exact) mass is 452 g/mol. The molecule has 0 spiro atoms. The topological polar surface area (TPSA) is 134 Å². The number of halogens is 2. The fourth-order valence-electron chi connectivity index (χ4n) is 3.83. The number of aliphatic hydroxyl groups excluding tert-OH is 3. The zero-order chi connectivity index (χ0) is 21.8. The van der Waals surface area contributed by atoms with Gasteiger partial charge in [-0.3, -0.25) is 29.1 Å². The molecule has 0 bridgehead atoms. The van der Waals surface area contributed by atoms with E-state index in [0.29, 0.717) is 0 Å². The molecule has 0 aromatic heterocycles. The molecule has 13 heteroatoms. The van der Waals surface area contributed by atoms with E-state index in [0.717, 1.165) is 9.80 Å². The molecular formula is C16H22Cl2N4O7. The number of fused-ring (bicyclic) bond motifs is 1. The Morgan fingerprint density at radius 2 is 1.72 bits per heavy atom. The van der Waals surface area contributed by atoms with Gasteiger partial charge in [0.25, 0.3) is 0 Å². The molecule has 3 heterocycles. The van der Waals surface area contributed by atoms with E-state index in [2.05, 4.69) is 0 Å². The molecule has 0 aromatic rings. The molecule has 3 aliphatic heterocycles. The summed E-state index contributed by atoms with van der Waals surface area (Å²) in [6.45, 7) is 3.03. The number of carbonyl (C=O) groups is 3. The van der Waals surface area contributed by atoms with Crippen molar-refractivity contribution in [1.82, 2.24) is 19.6 Å². The maximum atomic E-state index is 12.4. The normalized spacial score (nSPS) is 35.4. The van der Waals surface area contributed by atoms with Crippen LogP contribution < -0.4 is 0 Å². The van der Waals surface area contributed by atoms with E-state index < -0.39 is 60.7 Å². The van der Waals surface area contributed by atoms with E-state index in [1.165, 1.54) is 30.6 Å². The van der Waals surface area contributed by atoms with Crippen molar-refractivity contribution in [2.75, 3.05) is 13.3 Å². The highest BCUT2D eigenvalue weighted by Gasteiger charge is 2.57. The van der Waals surface area contributed by atoms with E-state index in [4.69, 9.17) is 27.9 Å². The number of amides is 3. The Morgan fingerprint density at radius 1 is 1.10 bits per heavy atom. The molecule has 11 nitrogen and oxygen atoms in total. The second kappa shape index (κ2) is 7.99. The van der Waals surface area contributed by atoms with E-state index in [-0.39, 0.29) is 17.5 Å². The number of hydrogen-bond acceptors (Lipinski definition) is 8. The highest BCUT2D eigenvalue weighted by molar-refractivity contribution is 6.32. The number of carbonyl (C=O) groups excluding carboxylic acids is 3. The van der Waals surface area contributed by atoms with Gasteiger partial charge in [-0.2, -0.15) is 0 Å². The Kier molecular flexibility index (Phi) is 6.12. The molecule has 162 valence electrons. The molecule has 2 saturated heterocycles. The number of alkyl halides is 1. The third kappa shape index (κ3) is 3.40. The van der Waals surface area contributed by atoms with Crippen LogP contribution in [0.5, 0.6) is 0 Å². The summed E-state index contributed by atoms with van der Waals surface area (Å²) in [4.78, 5) is 41.6. The molecule has 3 aliphatic rings. The maximum Gasteiger partial charge on any atom is 0.227 e. The van der Waals surface area contributed by atoms with Gasteiger partial charge in [-0.15, -0.1) is 0 Å². The summed E-state index contributed by atoms with van der Waals surface area (Å²) >= 11 is 12.8. The molecule has 2 fully saturated rings. The minimum atomic E-state index is -1.44.